The Balaban J connectivity index is 1.55. The normalized spacial score (nSPS) is 14.5. The van der Waals surface area contributed by atoms with Gasteiger partial charge in [-0.1, -0.05) is 34.1 Å². The Kier molecular flexibility index (Phi) is 5.48. The molecule has 0 radical (unpaired) electrons. The highest BCUT2D eigenvalue weighted by molar-refractivity contribution is 9.10. The fourth-order valence-corrected chi connectivity index (χ4v) is 3.25. The predicted octanol–water partition coefficient (Wildman–Crippen LogP) is 3.12. The molecule has 0 aliphatic carbocycles. The summed E-state index contributed by atoms with van der Waals surface area (Å²) in [5, 5.41) is 0. The van der Waals surface area contributed by atoms with E-state index in [1.165, 1.54) is 12.1 Å². The van der Waals surface area contributed by atoms with Gasteiger partial charge >= 0.3 is 0 Å². The average molecular weight is 405 g/mol. The van der Waals surface area contributed by atoms with Crippen LogP contribution in [0.15, 0.2) is 53.0 Å². The van der Waals surface area contributed by atoms with E-state index in [0.717, 1.165) is 10.0 Å². The quantitative estimate of drug-likeness (QED) is 0.788. The van der Waals surface area contributed by atoms with E-state index in [-0.39, 0.29) is 24.1 Å². The Morgan fingerprint density at radius 3 is 2.24 bits per heavy atom. The molecular formula is C19H18BrFN2O2. The first kappa shape index (κ1) is 17.6. The molecule has 0 aromatic heterocycles. The molecule has 0 bridgehead atoms. The van der Waals surface area contributed by atoms with E-state index < -0.39 is 0 Å². The minimum Gasteiger partial charge on any atom is -0.339 e. The van der Waals surface area contributed by atoms with Crippen molar-refractivity contribution < 1.29 is 14.0 Å². The number of nitrogens with zero attached hydrogens (tertiary/aromatic N) is 2. The summed E-state index contributed by atoms with van der Waals surface area (Å²) in [5.74, 6) is -0.330. The van der Waals surface area contributed by atoms with Gasteiger partial charge in [-0.05, 0) is 35.9 Å². The zero-order valence-electron chi connectivity index (χ0n) is 13.6. The molecule has 2 aromatic carbocycles. The summed E-state index contributed by atoms with van der Waals surface area (Å²) in [6, 6.07) is 13.3. The van der Waals surface area contributed by atoms with Crippen LogP contribution in [0.5, 0.6) is 0 Å². The maximum Gasteiger partial charge on any atom is 0.254 e. The lowest BCUT2D eigenvalue weighted by atomic mass is 10.1. The van der Waals surface area contributed by atoms with E-state index in [4.69, 9.17) is 0 Å². The first-order chi connectivity index (χ1) is 12.0. The second-order valence-corrected chi connectivity index (χ2v) is 6.90. The van der Waals surface area contributed by atoms with Crippen molar-refractivity contribution in [2.45, 2.75) is 6.42 Å². The second kappa shape index (κ2) is 7.78. The topological polar surface area (TPSA) is 40.6 Å². The Morgan fingerprint density at radius 2 is 1.60 bits per heavy atom. The van der Waals surface area contributed by atoms with Crippen LogP contribution in [0.25, 0.3) is 0 Å². The Labute approximate surface area is 154 Å². The van der Waals surface area contributed by atoms with E-state index in [1.807, 2.05) is 12.1 Å². The molecule has 1 saturated heterocycles. The molecule has 1 aliphatic heterocycles. The second-order valence-electron chi connectivity index (χ2n) is 5.99. The van der Waals surface area contributed by atoms with Crippen molar-refractivity contribution in [1.29, 1.82) is 0 Å². The van der Waals surface area contributed by atoms with Crippen LogP contribution in [0.1, 0.15) is 15.9 Å². The highest BCUT2D eigenvalue weighted by Gasteiger charge is 2.24. The van der Waals surface area contributed by atoms with Crippen LogP contribution in [-0.4, -0.2) is 47.8 Å². The van der Waals surface area contributed by atoms with Crippen molar-refractivity contribution in [2.24, 2.45) is 0 Å². The van der Waals surface area contributed by atoms with Crippen molar-refractivity contribution in [3.8, 4) is 0 Å². The molecule has 0 unspecified atom stereocenters. The van der Waals surface area contributed by atoms with E-state index in [2.05, 4.69) is 15.9 Å². The van der Waals surface area contributed by atoms with Crippen LogP contribution < -0.4 is 0 Å². The summed E-state index contributed by atoms with van der Waals surface area (Å²) < 4.78 is 13.8. The van der Waals surface area contributed by atoms with Crippen molar-refractivity contribution in [1.82, 2.24) is 9.80 Å². The molecule has 3 rings (SSSR count). The van der Waals surface area contributed by atoms with Gasteiger partial charge in [-0.3, -0.25) is 9.59 Å². The third-order valence-electron chi connectivity index (χ3n) is 4.26. The van der Waals surface area contributed by atoms with Crippen LogP contribution in [0.2, 0.25) is 0 Å². The van der Waals surface area contributed by atoms with Gasteiger partial charge in [-0.25, -0.2) is 4.39 Å². The number of carbonyl (C=O) groups is 2. The number of carbonyl (C=O) groups excluding carboxylic acids is 2. The number of hydrogen-bond acceptors (Lipinski definition) is 2. The number of halogens is 2. The maximum absolute atomic E-state index is 12.9. The van der Waals surface area contributed by atoms with Gasteiger partial charge in [0.25, 0.3) is 5.91 Å². The summed E-state index contributed by atoms with van der Waals surface area (Å²) in [5.41, 5.74) is 1.43. The first-order valence-corrected chi connectivity index (χ1v) is 8.89. The molecule has 130 valence electrons. The molecule has 25 heavy (non-hydrogen) atoms. The average Bonchev–Trinajstić information content (AvgIpc) is 2.63. The zero-order chi connectivity index (χ0) is 17.8. The van der Waals surface area contributed by atoms with Crippen LogP contribution >= 0.6 is 15.9 Å². The first-order valence-electron chi connectivity index (χ1n) is 8.10. The molecule has 1 heterocycles. The van der Waals surface area contributed by atoms with E-state index in [1.54, 1.807) is 34.1 Å². The van der Waals surface area contributed by atoms with Gasteiger partial charge in [-0.15, -0.1) is 0 Å². The minimum atomic E-state index is -0.309. The fourth-order valence-electron chi connectivity index (χ4n) is 2.85. The highest BCUT2D eigenvalue weighted by atomic mass is 79.9. The van der Waals surface area contributed by atoms with Gasteiger partial charge < -0.3 is 9.80 Å². The monoisotopic (exact) mass is 404 g/mol. The predicted molar refractivity (Wildman–Crippen MR) is 96.7 cm³/mol. The lowest BCUT2D eigenvalue weighted by Gasteiger charge is -2.35. The molecule has 4 nitrogen and oxygen atoms in total. The summed E-state index contributed by atoms with van der Waals surface area (Å²) in [4.78, 5) is 28.4. The third-order valence-corrected chi connectivity index (χ3v) is 4.75. The van der Waals surface area contributed by atoms with Crippen LogP contribution in [0, 0.1) is 5.82 Å². The zero-order valence-corrected chi connectivity index (χ0v) is 15.2. The largest absolute Gasteiger partial charge is 0.339 e. The molecule has 1 aliphatic rings. The van der Waals surface area contributed by atoms with Crippen molar-refractivity contribution >= 4 is 27.7 Å². The van der Waals surface area contributed by atoms with Crippen LogP contribution in [0.4, 0.5) is 4.39 Å². The number of hydrogen-bond donors (Lipinski definition) is 0. The van der Waals surface area contributed by atoms with Gasteiger partial charge in [0, 0.05) is 36.2 Å². The Hall–Kier alpha value is -2.21. The molecule has 0 N–H and O–H groups in total. The molecule has 1 fully saturated rings. The molecule has 0 saturated carbocycles. The molecular weight excluding hydrogens is 387 g/mol. The van der Waals surface area contributed by atoms with Gasteiger partial charge in [0.05, 0.1) is 6.42 Å². The van der Waals surface area contributed by atoms with Crippen LogP contribution in [-0.2, 0) is 11.2 Å². The summed E-state index contributed by atoms with van der Waals surface area (Å²) in [6.07, 6.45) is 0.250. The third kappa shape index (κ3) is 4.45. The standard InChI is InChI=1S/C19H18BrFN2O2/c20-16-3-1-2-15(13-16)19(25)23-10-8-22(9-11-23)18(24)12-14-4-6-17(21)7-5-14/h1-7,13H,8-12H2. The smallest absolute Gasteiger partial charge is 0.254 e. The molecule has 2 amide bonds. The van der Waals surface area contributed by atoms with Crippen molar-refractivity contribution in [2.75, 3.05) is 26.2 Å². The number of piperazine rings is 1. The number of benzene rings is 2. The van der Waals surface area contributed by atoms with Crippen LogP contribution in [0.3, 0.4) is 0 Å². The SMILES string of the molecule is O=C(Cc1ccc(F)cc1)N1CCN(C(=O)c2cccc(Br)c2)CC1. The maximum atomic E-state index is 12.9. The van der Waals surface area contributed by atoms with Gasteiger partial charge in [0.2, 0.25) is 5.91 Å². The summed E-state index contributed by atoms with van der Waals surface area (Å²) in [7, 11) is 0. The Morgan fingerprint density at radius 1 is 0.960 bits per heavy atom. The van der Waals surface area contributed by atoms with E-state index in [0.29, 0.717) is 31.7 Å². The Bertz CT molecular complexity index is 771. The molecule has 0 atom stereocenters. The van der Waals surface area contributed by atoms with E-state index in [9.17, 15) is 14.0 Å². The minimum absolute atomic E-state index is 0.00108. The number of amides is 2. The van der Waals surface area contributed by atoms with Crippen molar-refractivity contribution in [3.05, 3.63) is 69.9 Å². The number of rotatable bonds is 3. The summed E-state index contributed by atoms with van der Waals surface area (Å²) in [6.45, 7) is 2.06. The van der Waals surface area contributed by atoms with E-state index >= 15 is 0 Å². The highest BCUT2D eigenvalue weighted by Crippen LogP contribution is 2.15. The lowest BCUT2D eigenvalue weighted by Crippen LogP contribution is -2.51. The fraction of sp³-hybridized carbons (Fsp3) is 0.263. The summed E-state index contributed by atoms with van der Waals surface area (Å²) >= 11 is 3.37. The molecule has 0 spiro atoms. The molecule has 6 heteroatoms. The van der Waals surface area contributed by atoms with Gasteiger partial charge in [0.15, 0.2) is 0 Å². The van der Waals surface area contributed by atoms with Crippen molar-refractivity contribution in [3.63, 3.8) is 0 Å². The van der Waals surface area contributed by atoms with Gasteiger partial charge in [-0.2, -0.15) is 0 Å². The molecule has 2 aromatic rings. The lowest BCUT2D eigenvalue weighted by molar-refractivity contribution is -0.131. The van der Waals surface area contributed by atoms with Gasteiger partial charge in [0.1, 0.15) is 5.82 Å².